The van der Waals surface area contributed by atoms with Gasteiger partial charge < -0.3 is 10.6 Å². The third-order valence-corrected chi connectivity index (χ3v) is 7.31. The zero-order chi connectivity index (χ0) is 21.6. The molecule has 1 atom stereocenters. The van der Waals surface area contributed by atoms with Crippen molar-refractivity contribution in [2.75, 3.05) is 14.2 Å². The topological polar surface area (TPSA) is 84.8 Å². The van der Waals surface area contributed by atoms with Crippen molar-refractivity contribution in [1.82, 2.24) is 5.06 Å². The lowest BCUT2D eigenvalue weighted by atomic mass is 9.65. The quantitative estimate of drug-likeness (QED) is 0.429. The zero-order valence-corrected chi connectivity index (χ0v) is 18.3. The van der Waals surface area contributed by atoms with Gasteiger partial charge in [-0.2, -0.15) is 0 Å². The van der Waals surface area contributed by atoms with Crippen LogP contribution in [0.1, 0.15) is 43.7 Å². The van der Waals surface area contributed by atoms with Gasteiger partial charge in [-0.3, -0.25) is 0 Å². The van der Waals surface area contributed by atoms with Gasteiger partial charge in [-0.15, -0.1) is 0 Å². The van der Waals surface area contributed by atoms with Crippen molar-refractivity contribution in [3.8, 4) is 16.9 Å². The molecule has 2 N–H and O–H groups in total. The second-order valence-corrected chi connectivity index (χ2v) is 9.10. The Morgan fingerprint density at radius 2 is 1.94 bits per heavy atom. The molecular formula is C24H29N5O2. The zero-order valence-electron chi connectivity index (χ0n) is 18.3. The summed E-state index contributed by atoms with van der Waals surface area (Å²) in [6.45, 7) is 2.33. The van der Waals surface area contributed by atoms with Gasteiger partial charge in [0.25, 0.3) is 5.96 Å². The number of guanidine groups is 1. The number of benzene rings is 2. The Bertz CT molecular complexity index is 1060. The Hall–Kier alpha value is -2.93. The van der Waals surface area contributed by atoms with E-state index in [9.17, 15) is 0 Å². The number of hydrogen-bond donors (Lipinski definition) is 1. The van der Waals surface area contributed by atoms with Crippen LogP contribution in [0.25, 0.3) is 11.1 Å². The number of rotatable bonds is 2. The van der Waals surface area contributed by atoms with E-state index in [2.05, 4.69) is 47.6 Å². The molecule has 0 bridgehead atoms. The normalized spacial score (nSPS) is 29.7. The SMILES string of the molecule is COc1cccc(-c2ccc3c(c2)C2(N=C(N=NN)N(C)O2)C2(CCC(C)CC2)C3)c1. The van der Waals surface area contributed by atoms with Crippen molar-refractivity contribution in [3.05, 3.63) is 53.6 Å². The highest BCUT2D eigenvalue weighted by Crippen LogP contribution is 2.62. The molecule has 2 aromatic rings. The molecule has 0 radical (unpaired) electrons. The minimum atomic E-state index is -0.796. The van der Waals surface area contributed by atoms with Gasteiger partial charge >= 0.3 is 0 Å². The molecule has 0 aromatic heterocycles. The highest BCUT2D eigenvalue weighted by atomic mass is 16.7. The number of nitrogens with zero attached hydrogens (tertiary/aromatic N) is 4. The Labute approximate surface area is 182 Å². The van der Waals surface area contributed by atoms with Gasteiger partial charge in [0.2, 0.25) is 5.72 Å². The Balaban J connectivity index is 1.66. The largest absolute Gasteiger partial charge is 0.497 e. The molecule has 3 aliphatic rings. The van der Waals surface area contributed by atoms with Crippen LogP contribution >= 0.6 is 0 Å². The lowest BCUT2D eigenvalue weighted by Gasteiger charge is -2.44. The van der Waals surface area contributed by atoms with E-state index in [1.807, 2.05) is 19.2 Å². The van der Waals surface area contributed by atoms with Crippen molar-refractivity contribution < 1.29 is 9.57 Å². The maximum atomic E-state index is 6.56. The molecule has 0 saturated heterocycles. The molecule has 0 amide bonds. The molecule has 2 aromatic carbocycles. The molecule has 1 heterocycles. The summed E-state index contributed by atoms with van der Waals surface area (Å²) in [6.07, 6.45) is 5.45. The number of hydrogen-bond acceptors (Lipinski definition) is 6. The van der Waals surface area contributed by atoms with Crippen molar-refractivity contribution >= 4 is 5.96 Å². The summed E-state index contributed by atoms with van der Waals surface area (Å²) >= 11 is 0. The van der Waals surface area contributed by atoms with Crippen molar-refractivity contribution in [1.29, 1.82) is 0 Å². The summed E-state index contributed by atoms with van der Waals surface area (Å²) in [4.78, 5) is 11.6. The van der Waals surface area contributed by atoms with E-state index >= 15 is 0 Å². The van der Waals surface area contributed by atoms with Gasteiger partial charge in [-0.05, 0) is 72.9 Å². The summed E-state index contributed by atoms with van der Waals surface area (Å²) in [5.41, 5.74) is 3.76. The number of aliphatic imine (C=N–C) groups is 1. The smallest absolute Gasteiger partial charge is 0.269 e. The fourth-order valence-electron chi connectivity index (χ4n) is 5.56. The lowest BCUT2D eigenvalue weighted by molar-refractivity contribution is -0.230. The number of fused-ring (bicyclic) bond motifs is 3. The fourth-order valence-corrected chi connectivity index (χ4v) is 5.56. The van der Waals surface area contributed by atoms with E-state index in [-0.39, 0.29) is 5.41 Å². The second kappa shape index (κ2) is 7.34. The van der Waals surface area contributed by atoms with Crippen LogP contribution in [0.4, 0.5) is 0 Å². The first-order valence-electron chi connectivity index (χ1n) is 10.9. The molecule has 1 saturated carbocycles. The number of methoxy groups -OCH3 is 1. The summed E-state index contributed by atoms with van der Waals surface area (Å²) in [5, 5.41) is 9.11. The highest BCUT2D eigenvalue weighted by Gasteiger charge is 2.63. The van der Waals surface area contributed by atoms with E-state index in [1.165, 1.54) is 18.4 Å². The third-order valence-electron chi connectivity index (χ3n) is 7.31. The van der Waals surface area contributed by atoms with Crippen LogP contribution in [0, 0.1) is 11.3 Å². The summed E-state index contributed by atoms with van der Waals surface area (Å²) in [5.74, 6) is 7.33. The second-order valence-electron chi connectivity index (χ2n) is 9.10. The molecule has 162 valence electrons. The van der Waals surface area contributed by atoms with Crippen LogP contribution in [0.5, 0.6) is 5.75 Å². The summed E-state index contributed by atoms with van der Waals surface area (Å²) < 4.78 is 5.43. The molecule has 2 aliphatic carbocycles. The first-order chi connectivity index (χ1) is 15.0. The Morgan fingerprint density at radius 1 is 1.16 bits per heavy atom. The molecule has 1 fully saturated rings. The minimum absolute atomic E-state index is 0.0883. The molecule has 7 nitrogen and oxygen atoms in total. The van der Waals surface area contributed by atoms with Gasteiger partial charge in [-0.25, -0.2) is 14.9 Å². The van der Waals surface area contributed by atoms with E-state index in [4.69, 9.17) is 20.4 Å². The fraction of sp³-hybridized carbons (Fsp3) is 0.458. The molecular weight excluding hydrogens is 390 g/mol. The molecule has 1 aliphatic heterocycles. The molecule has 5 rings (SSSR count). The van der Waals surface area contributed by atoms with Crippen LogP contribution in [0.2, 0.25) is 0 Å². The minimum Gasteiger partial charge on any atom is -0.497 e. The standard InChI is InChI=1S/C24H29N5O2/c1-16-9-11-23(12-10-16)15-19-8-7-18(17-5-4-6-20(13-17)30-3)14-21(19)24(23)26-22(27-28-25)29(2)31-24/h4-8,13-14,16H,9-12,15H2,1-3H3,(H2,25,26,27). The predicted molar refractivity (Wildman–Crippen MR) is 119 cm³/mol. The van der Waals surface area contributed by atoms with Crippen LogP contribution < -0.4 is 10.6 Å². The third kappa shape index (κ3) is 3.02. The van der Waals surface area contributed by atoms with Gasteiger partial charge in [0.1, 0.15) is 5.75 Å². The first kappa shape index (κ1) is 20.0. The molecule has 1 unspecified atom stereocenters. The van der Waals surface area contributed by atoms with E-state index < -0.39 is 5.72 Å². The monoisotopic (exact) mass is 419 g/mol. The highest BCUT2D eigenvalue weighted by molar-refractivity contribution is 5.81. The molecule has 7 heteroatoms. The van der Waals surface area contributed by atoms with Gasteiger partial charge in [-0.1, -0.05) is 41.5 Å². The number of hydroxylamine groups is 2. The Kier molecular flexibility index (Phi) is 4.73. The van der Waals surface area contributed by atoms with Crippen molar-refractivity contribution in [3.63, 3.8) is 0 Å². The summed E-state index contributed by atoms with van der Waals surface area (Å²) in [6, 6.07) is 14.8. The van der Waals surface area contributed by atoms with Gasteiger partial charge in [0.15, 0.2) is 0 Å². The summed E-state index contributed by atoms with van der Waals surface area (Å²) in [7, 11) is 3.51. The lowest BCUT2D eigenvalue weighted by Crippen LogP contribution is -2.45. The van der Waals surface area contributed by atoms with Gasteiger partial charge in [0.05, 0.1) is 7.11 Å². The maximum absolute atomic E-state index is 6.56. The molecule has 2 spiro atoms. The first-order valence-corrected chi connectivity index (χ1v) is 10.9. The van der Waals surface area contributed by atoms with Crippen LogP contribution in [0.3, 0.4) is 0 Å². The van der Waals surface area contributed by atoms with E-state index in [1.54, 1.807) is 12.2 Å². The van der Waals surface area contributed by atoms with Crippen molar-refractivity contribution in [2.45, 2.75) is 44.8 Å². The maximum Gasteiger partial charge on any atom is 0.269 e. The number of ether oxygens (including phenoxy) is 1. The van der Waals surface area contributed by atoms with Gasteiger partial charge in [0, 0.05) is 18.0 Å². The Morgan fingerprint density at radius 3 is 2.68 bits per heavy atom. The van der Waals surface area contributed by atoms with Crippen LogP contribution in [-0.4, -0.2) is 25.2 Å². The van der Waals surface area contributed by atoms with Crippen LogP contribution in [-0.2, 0) is 17.0 Å². The number of nitrogens with two attached hydrogens (primary N) is 1. The average Bonchev–Trinajstić information content (AvgIpc) is 3.25. The predicted octanol–water partition coefficient (Wildman–Crippen LogP) is 4.83. The van der Waals surface area contributed by atoms with Crippen LogP contribution in [0.15, 0.2) is 57.8 Å². The molecule has 31 heavy (non-hydrogen) atoms. The average molecular weight is 420 g/mol. The van der Waals surface area contributed by atoms with E-state index in [0.717, 1.165) is 47.6 Å². The van der Waals surface area contributed by atoms with Crippen molar-refractivity contribution in [2.24, 2.45) is 32.5 Å². The van der Waals surface area contributed by atoms with E-state index in [0.29, 0.717) is 5.96 Å².